The van der Waals surface area contributed by atoms with Crippen molar-refractivity contribution in [3.63, 3.8) is 0 Å². The van der Waals surface area contributed by atoms with Gasteiger partial charge < -0.3 is 20.5 Å². The van der Waals surface area contributed by atoms with Crippen LogP contribution in [0.2, 0.25) is 0 Å². The van der Waals surface area contributed by atoms with Crippen LogP contribution in [0.4, 0.5) is 0 Å². The van der Waals surface area contributed by atoms with Crippen molar-refractivity contribution >= 4 is 5.91 Å². The second-order valence-electron chi connectivity index (χ2n) is 7.42. The second-order valence-corrected chi connectivity index (χ2v) is 7.42. The van der Waals surface area contributed by atoms with Gasteiger partial charge in [-0.2, -0.15) is 0 Å². The smallest absolute Gasteiger partial charge is 0.224 e. The summed E-state index contributed by atoms with van der Waals surface area (Å²) in [4.78, 5) is 14.9. The standard InChI is InChI=1S/C21H31N3O3/c1-15(25)20(23-21(26)16-8-4-3-5-9-16)24-13-12-22-18(14-24)17-10-6-7-11-19(17)27-2/h3-4,6-7,10-11,15-16,18,20,22,25H,5,8-9,12-14H2,1-2H3,(H,23,26). The molecule has 1 heterocycles. The van der Waals surface area contributed by atoms with Gasteiger partial charge in [0.2, 0.25) is 5.91 Å². The van der Waals surface area contributed by atoms with E-state index in [1.165, 1.54) is 0 Å². The van der Waals surface area contributed by atoms with E-state index in [-0.39, 0.29) is 24.0 Å². The van der Waals surface area contributed by atoms with Crippen LogP contribution in [-0.4, -0.2) is 54.9 Å². The average Bonchev–Trinajstić information content (AvgIpc) is 2.72. The van der Waals surface area contributed by atoms with Crippen LogP contribution < -0.4 is 15.4 Å². The molecule has 0 aromatic heterocycles. The summed E-state index contributed by atoms with van der Waals surface area (Å²) in [6, 6.07) is 8.07. The molecule has 1 amide bonds. The van der Waals surface area contributed by atoms with E-state index in [1.807, 2.05) is 18.2 Å². The van der Waals surface area contributed by atoms with Crippen molar-refractivity contribution < 1.29 is 14.6 Å². The molecule has 4 atom stereocenters. The fraction of sp³-hybridized carbons (Fsp3) is 0.571. The first kappa shape index (κ1) is 19.9. The Kier molecular flexibility index (Phi) is 6.88. The summed E-state index contributed by atoms with van der Waals surface area (Å²) in [7, 11) is 1.68. The summed E-state index contributed by atoms with van der Waals surface area (Å²) >= 11 is 0. The number of hydrogen-bond donors (Lipinski definition) is 3. The molecule has 1 aromatic carbocycles. The monoisotopic (exact) mass is 373 g/mol. The van der Waals surface area contributed by atoms with Crippen molar-refractivity contribution in [1.29, 1.82) is 0 Å². The van der Waals surface area contributed by atoms with Crippen LogP contribution >= 0.6 is 0 Å². The largest absolute Gasteiger partial charge is 0.496 e. The number of nitrogens with zero attached hydrogens (tertiary/aromatic N) is 1. The predicted octanol–water partition coefficient (Wildman–Crippen LogP) is 1.82. The number of benzene rings is 1. The van der Waals surface area contributed by atoms with E-state index in [0.717, 1.165) is 43.7 Å². The first-order chi connectivity index (χ1) is 13.1. The Morgan fingerprint density at radius 2 is 2.19 bits per heavy atom. The van der Waals surface area contributed by atoms with Gasteiger partial charge >= 0.3 is 0 Å². The number of para-hydroxylation sites is 1. The highest BCUT2D eigenvalue weighted by Gasteiger charge is 2.32. The molecule has 3 rings (SSSR count). The Morgan fingerprint density at radius 1 is 1.37 bits per heavy atom. The quantitative estimate of drug-likeness (QED) is 0.664. The molecule has 148 valence electrons. The van der Waals surface area contributed by atoms with Crippen molar-refractivity contribution in [1.82, 2.24) is 15.5 Å². The summed E-state index contributed by atoms with van der Waals surface area (Å²) < 4.78 is 5.50. The van der Waals surface area contributed by atoms with E-state index in [9.17, 15) is 9.90 Å². The molecule has 1 fully saturated rings. The zero-order valence-corrected chi connectivity index (χ0v) is 16.2. The van der Waals surface area contributed by atoms with Crippen molar-refractivity contribution in [3.05, 3.63) is 42.0 Å². The Bertz CT molecular complexity index is 662. The molecule has 1 aliphatic heterocycles. The maximum atomic E-state index is 12.7. The summed E-state index contributed by atoms with van der Waals surface area (Å²) in [5.41, 5.74) is 1.10. The maximum absolute atomic E-state index is 12.7. The minimum atomic E-state index is -0.649. The van der Waals surface area contributed by atoms with Gasteiger partial charge in [0, 0.05) is 37.2 Å². The lowest BCUT2D eigenvalue weighted by Crippen LogP contribution is -2.60. The number of rotatable bonds is 6. The van der Waals surface area contributed by atoms with Crippen LogP contribution in [0.1, 0.15) is 37.8 Å². The lowest BCUT2D eigenvalue weighted by molar-refractivity contribution is -0.129. The molecule has 1 aliphatic carbocycles. The third-order valence-electron chi connectivity index (χ3n) is 5.50. The first-order valence-corrected chi connectivity index (χ1v) is 9.84. The summed E-state index contributed by atoms with van der Waals surface area (Å²) in [6.45, 7) is 3.99. The van der Waals surface area contributed by atoms with Gasteiger partial charge in [-0.1, -0.05) is 30.4 Å². The number of hydrogen-bond acceptors (Lipinski definition) is 5. The van der Waals surface area contributed by atoms with Gasteiger partial charge in [-0.3, -0.25) is 9.69 Å². The minimum Gasteiger partial charge on any atom is -0.496 e. The second kappa shape index (κ2) is 9.35. The van der Waals surface area contributed by atoms with Gasteiger partial charge in [0.25, 0.3) is 0 Å². The molecular weight excluding hydrogens is 342 g/mol. The SMILES string of the molecule is COc1ccccc1C1CN(C(NC(=O)C2CC=CCC2)C(C)O)CCN1. The predicted molar refractivity (Wildman–Crippen MR) is 105 cm³/mol. The highest BCUT2D eigenvalue weighted by molar-refractivity contribution is 5.79. The molecule has 3 N–H and O–H groups in total. The normalized spacial score (nSPS) is 25.6. The van der Waals surface area contributed by atoms with E-state index in [0.29, 0.717) is 6.54 Å². The Labute approximate surface area is 161 Å². The van der Waals surface area contributed by atoms with Crippen LogP contribution in [0.25, 0.3) is 0 Å². The Balaban J connectivity index is 1.69. The molecule has 27 heavy (non-hydrogen) atoms. The van der Waals surface area contributed by atoms with Gasteiger partial charge in [-0.25, -0.2) is 0 Å². The van der Waals surface area contributed by atoms with Crippen molar-refractivity contribution in [3.8, 4) is 5.75 Å². The topological polar surface area (TPSA) is 73.8 Å². The highest BCUT2D eigenvalue weighted by atomic mass is 16.5. The molecule has 0 saturated carbocycles. The van der Waals surface area contributed by atoms with Crippen LogP contribution in [0.3, 0.4) is 0 Å². The van der Waals surface area contributed by atoms with E-state index >= 15 is 0 Å². The van der Waals surface area contributed by atoms with Gasteiger partial charge in [0.05, 0.1) is 13.2 Å². The van der Waals surface area contributed by atoms with Gasteiger partial charge in [-0.05, 0) is 32.3 Å². The zero-order chi connectivity index (χ0) is 19.2. The average molecular weight is 373 g/mol. The van der Waals surface area contributed by atoms with Gasteiger partial charge in [-0.15, -0.1) is 0 Å². The fourth-order valence-corrected chi connectivity index (χ4v) is 4.00. The van der Waals surface area contributed by atoms with E-state index in [2.05, 4.69) is 33.8 Å². The van der Waals surface area contributed by atoms with Crippen molar-refractivity contribution in [2.24, 2.45) is 5.92 Å². The molecule has 1 aromatic rings. The summed E-state index contributed by atoms with van der Waals surface area (Å²) in [5, 5.41) is 17.0. The fourth-order valence-electron chi connectivity index (χ4n) is 4.00. The maximum Gasteiger partial charge on any atom is 0.224 e. The molecular formula is C21H31N3O3. The number of aliphatic hydroxyl groups excluding tert-OH is 1. The number of allylic oxidation sites excluding steroid dienone is 2. The van der Waals surface area contributed by atoms with Crippen LogP contribution in [0.5, 0.6) is 5.75 Å². The highest BCUT2D eigenvalue weighted by Crippen LogP contribution is 2.27. The lowest BCUT2D eigenvalue weighted by atomic mass is 9.93. The summed E-state index contributed by atoms with van der Waals surface area (Å²) in [6.07, 6.45) is 5.77. The third kappa shape index (κ3) is 4.89. The molecule has 0 radical (unpaired) electrons. The number of piperazine rings is 1. The van der Waals surface area contributed by atoms with Crippen LogP contribution in [0.15, 0.2) is 36.4 Å². The van der Waals surface area contributed by atoms with E-state index < -0.39 is 6.10 Å². The first-order valence-electron chi connectivity index (χ1n) is 9.84. The van der Waals surface area contributed by atoms with Crippen molar-refractivity contribution in [2.45, 2.75) is 44.5 Å². The Hall–Kier alpha value is -1.89. The molecule has 4 unspecified atom stereocenters. The van der Waals surface area contributed by atoms with Crippen LogP contribution in [0, 0.1) is 5.92 Å². The van der Waals surface area contributed by atoms with Crippen LogP contribution in [-0.2, 0) is 4.79 Å². The number of methoxy groups -OCH3 is 1. The number of ether oxygens (including phenoxy) is 1. The molecule has 0 spiro atoms. The van der Waals surface area contributed by atoms with E-state index in [1.54, 1.807) is 14.0 Å². The van der Waals surface area contributed by atoms with Gasteiger partial charge in [0.1, 0.15) is 11.9 Å². The molecule has 0 bridgehead atoms. The van der Waals surface area contributed by atoms with Gasteiger partial charge in [0.15, 0.2) is 0 Å². The Morgan fingerprint density at radius 3 is 2.89 bits per heavy atom. The zero-order valence-electron chi connectivity index (χ0n) is 16.2. The van der Waals surface area contributed by atoms with Crippen molar-refractivity contribution in [2.75, 3.05) is 26.7 Å². The third-order valence-corrected chi connectivity index (χ3v) is 5.50. The number of aliphatic hydroxyl groups is 1. The molecule has 6 heteroatoms. The minimum absolute atomic E-state index is 0.00387. The number of nitrogens with one attached hydrogen (secondary N) is 2. The summed E-state index contributed by atoms with van der Waals surface area (Å²) in [5.74, 6) is 0.894. The number of carbonyl (C=O) groups is 1. The lowest BCUT2D eigenvalue weighted by Gasteiger charge is -2.41. The van der Waals surface area contributed by atoms with E-state index in [4.69, 9.17) is 4.74 Å². The number of carbonyl (C=O) groups excluding carboxylic acids is 1. The number of amides is 1. The molecule has 6 nitrogen and oxygen atoms in total. The molecule has 2 aliphatic rings. The molecule has 1 saturated heterocycles.